The number of carbonyl (C=O) groups is 1. The summed E-state index contributed by atoms with van der Waals surface area (Å²) in [4.78, 5) is 15.6. The molecule has 0 spiro atoms. The van der Waals surface area contributed by atoms with E-state index in [1.165, 1.54) is 0 Å². The lowest BCUT2D eigenvalue weighted by atomic mass is 9.93. The summed E-state index contributed by atoms with van der Waals surface area (Å²) in [5.41, 5.74) is 1.03. The lowest BCUT2D eigenvalue weighted by Crippen LogP contribution is -2.43. The second kappa shape index (κ2) is 6.35. The van der Waals surface area contributed by atoms with Gasteiger partial charge in [-0.1, -0.05) is 0 Å². The number of carbonyl (C=O) groups excluding carboxylic acids is 1. The third kappa shape index (κ3) is 4.00. The average molecular weight is 249 g/mol. The number of rotatable bonds is 3. The molecule has 0 unspecified atom stereocenters. The van der Waals surface area contributed by atoms with Crippen molar-refractivity contribution in [3.8, 4) is 0 Å². The molecule has 18 heavy (non-hydrogen) atoms. The van der Waals surface area contributed by atoms with Crippen LogP contribution in [0.5, 0.6) is 0 Å². The number of aliphatic hydroxyl groups is 1. The number of pyridine rings is 1. The Labute approximate surface area is 107 Å². The summed E-state index contributed by atoms with van der Waals surface area (Å²) in [7, 11) is 0. The molecular weight excluding hydrogens is 230 g/mol. The molecule has 1 heterocycles. The summed E-state index contributed by atoms with van der Waals surface area (Å²) < 4.78 is 0. The maximum Gasteiger partial charge on any atom is 0.315 e. The molecular formula is C13H19N3O2. The fourth-order valence-electron chi connectivity index (χ4n) is 2.14. The van der Waals surface area contributed by atoms with Gasteiger partial charge in [-0.2, -0.15) is 0 Å². The Balaban J connectivity index is 1.69. The number of aliphatic hydroxyl groups excluding tert-OH is 1. The van der Waals surface area contributed by atoms with Gasteiger partial charge in [-0.25, -0.2) is 4.79 Å². The van der Waals surface area contributed by atoms with E-state index in [2.05, 4.69) is 15.6 Å². The van der Waals surface area contributed by atoms with Gasteiger partial charge in [0.25, 0.3) is 0 Å². The molecule has 1 aromatic heterocycles. The summed E-state index contributed by atoms with van der Waals surface area (Å²) in [6.07, 6.45) is 6.47. The molecule has 0 aromatic carbocycles. The first kappa shape index (κ1) is 12.8. The van der Waals surface area contributed by atoms with Crippen LogP contribution in [0.2, 0.25) is 0 Å². The molecule has 3 N–H and O–H groups in total. The minimum Gasteiger partial charge on any atom is -0.393 e. The van der Waals surface area contributed by atoms with Crippen molar-refractivity contribution in [3.05, 3.63) is 30.1 Å². The number of amides is 2. The summed E-state index contributed by atoms with van der Waals surface area (Å²) in [5.74, 6) is 0. The Morgan fingerprint density at radius 2 is 1.94 bits per heavy atom. The molecule has 0 saturated heterocycles. The van der Waals surface area contributed by atoms with E-state index in [0.29, 0.717) is 6.54 Å². The van der Waals surface area contributed by atoms with Gasteiger partial charge in [0.05, 0.1) is 6.10 Å². The first-order valence-corrected chi connectivity index (χ1v) is 6.35. The Bertz CT molecular complexity index is 375. The topological polar surface area (TPSA) is 74.2 Å². The molecule has 0 atom stereocenters. The second-order valence-electron chi connectivity index (χ2n) is 4.69. The molecule has 0 bridgehead atoms. The van der Waals surface area contributed by atoms with Crippen molar-refractivity contribution < 1.29 is 9.90 Å². The molecule has 2 amide bonds. The van der Waals surface area contributed by atoms with Crippen LogP contribution < -0.4 is 10.6 Å². The van der Waals surface area contributed by atoms with Gasteiger partial charge in [0, 0.05) is 25.0 Å². The lowest BCUT2D eigenvalue weighted by molar-refractivity contribution is 0.117. The Hall–Kier alpha value is -1.62. The Kier molecular flexibility index (Phi) is 4.52. The van der Waals surface area contributed by atoms with E-state index in [1.54, 1.807) is 12.4 Å². The van der Waals surface area contributed by atoms with Crippen molar-refractivity contribution in [3.63, 3.8) is 0 Å². The van der Waals surface area contributed by atoms with Gasteiger partial charge in [-0.05, 0) is 43.4 Å². The SMILES string of the molecule is O=C(NCc1ccncc1)NC1CCC(O)CC1. The molecule has 1 saturated carbocycles. The van der Waals surface area contributed by atoms with Crippen LogP contribution in [0, 0.1) is 0 Å². The number of nitrogens with zero attached hydrogens (tertiary/aromatic N) is 1. The summed E-state index contributed by atoms with van der Waals surface area (Å²) in [6, 6.07) is 3.79. The summed E-state index contributed by atoms with van der Waals surface area (Å²) in [6.45, 7) is 0.504. The second-order valence-corrected chi connectivity index (χ2v) is 4.69. The number of hydrogen-bond acceptors (Lipinski definition) is 3. The highest BCUT2D eigenvalue weighted by Crippen LogP contribution is 2.18. The quantitative estimate of drug-likeness (QED) is 0.753. The van der Waals surface area contributed by atoms with E-state index < -0.39 is 0 Å². The van der Waals surface area contributed by atoms with Crippen molar-refractivity contribution in [2.75, 3.05) is 0 Å². The first-order chi connectivity index (χ1) is 8.74. The average Bonchev–Trinajstić information content (AvgIpc) is 2.40. The molecule has 1 aromatic rings. The van der Waals surface area contributed by atoms with E-state index in [-0.39, 0.29) is 18.2 Å². The van der Waals surface area contributed by atoms with E-state index in [0.717, 1.165) is 31.2 Å². The van der Waals surface area contributed by atoms with Gasteiger partial charge in [-0.3, -0.25) is 4.98 Å². The predicted molar refractivity (Wildman–Crippen MR) is 67.9 cm³/mol. The van der Waals surface area contributed by atoms with Crippen molar-refractivity contribution in [1.82, 2.24) is 15.6 Å². The number of nitrogens with one attached hydrogen (secondary N) is 2. The van der Waals surface area contributed by atoms with E-state index in [4.69, 9.17) is 0 Å². The van der Waals surface area contributed by atoms with Gasteiger partial charge in [0.1, 0.15) is 0 Å². The summed E-state index contributed by atoms with van der Waals surface area (Å²) >= 11 is 0. The number of aromatic nitrogens is 1. The van der Waals surface area contributed by atoms with Crippen molar-refractivity contribution in [2.45, 2.75) is 44.4 Å². The zero-order chi connectivity index (χ0) is 12.8. The van der Waals surface area contributed by atoms with Crippen molar-refractivity contribution >= 4 is 6.03 Å². The van der Waals surface area contributed by atoms with Gasteiger partial charge in [0.2, 0.25) is 0 Å². The number of hydrogen-bond donors (Lipinski definition) is 3. The van der Waals surface area contributed by atoms with Crippen LogP contribution in [0.25, 0.3) is 0 Å². The molecule has 0 aliphatic heterocycles. The fourth-order valence-corrected chi connectivity index (χ4v) is 2.14. The van der Waals surface area contributed by atoms with Crippen LogP contribution in [0.3, 0.4) is 0 Å². The molecule has 1 aliphatic carbocycles. The lowest BCUT2D eigenvalue weighted by Gasteiger charge is -2.26. The minimum atomic E-state index is -0.192. The monoisotopic (exact) mass is 249 g/mol. The van der Waals surface area contributed by atoms with Gasteiger partial charge in [-0.15, -0.1) is 0 Å². The Morgan fingerprint density at radius 3 is 2.61 bits per heavy atom. The molecule has 5 nitrogen and oxygen atoms in total. The zero-order valence-corrected chi connectivity index (χ0v) is 10.3. The van der Waals surface area contributed by atoms with E-state index >= 15 is 0 Å². The smallest absolute Gasteiger partial charge is 0.315 e. The largest absolute Gasteiger partial charge is 0.393 e. The molecule has 5 heteroatoms. The third-order valence-corrected chi connectivity index (χ3v) is 3.23. The highest BCUT2D eigenvalue weighted by Gasteiger charge is 2.20. The van der Waals surface area contributed by atoms with Crippen molar-refractivity contribution in [1.29, 1.82) is 0 Å². The number of urea groups is 1. The van der Waals surface area contributed by atoms with E-state index in [1.807, 2.05) is 12.1 Å². The minimum absolute atomic E-state index is 0.145. The highest BCUT2D eigenvalue weighted by molar-refractivity contribution is 5.74. The van der Waals surface area contributed by atoms with Crippen LogP contribution in [-0.4, -0.2) is 28.3 Å². The fraction of sp³-hybridized carbons (Fsp3) is 0.538. The third-order valence-electron chi connectivity index (χ3n) is 3.23. The normalized spacial score (nSPS) is 23.4. The molecule has 1 fully saturated rings. The molecule has 1 aliphatic rings. The van der Waals surface area contributed by atoms with Crippen LogP contribution in [0.1, 0.15) is 31.2 Å². The zero-order valence-electron chi connectivity index (χ0n) is 10.3. The molecule has 2 rings (SSSR count). The van der Waals surface area contributed by atoms with Crippen LogP contribution >= 0.6 is 0 Å². The van der Waals surface area contributed by atoms with Crippen molar-refractivity contribution in [2.24, 2.45) is 0 Å². The maximum absolute atomic E-state index is 11.7. The maximum atomic E-state index is 11.7. The standard InChI is InChI=1S/C13H19N3O2/c17-12-3-1-11(2-4-12)16-13(18)15-9-10-5-7-14-8-6-10/h5-8,11-12,17H,1-4,9H2,(H2,15,16,18). The van der Waals surface area contributed by atoms with Crippen LogP contribution in [-0.2, 0) is 6.54 Å². The van der Waals surface area contributed by atoms with Crippen LogP contribution in [0.4, 0.5) is 4.79 Å². The summed E-state index contributed by atoms with van der Waals surface area (Å²) in [5, 5.41) is 15.1. The van der Waals surface area contributed by atoms with Gasteiger partial charge in [0.15, 0.2) is 0 Å². The van der Waals surface area contributed by atoms with E-state index in [9.17, 15) is 9.90 Å². The van der Waals surface area contributed by atoms with Gasteiger partial charge >= 0.3 is 6.03 Å². The predicted octanol–water partition coefficient (Wildman–Crippen LogP) is 1.18. The molecule has 98 valence electrons. The molecule has 0 radical (unpaired) electrons. The highest BCUT2D eigenvalue weighted by atomic mass is 16.3. The first-order valence-electron chi connectivity index (χ1n) is 6.35. The Morgan fingerprint density at radius 1 is 1.28 bits per heavy atom. The van der Waals surface area contributed by atoms with Gasteiger partial charge < -0.3 is 15.7 Å². The van der Waals surface area contributed by atoms with Crippen LogP contribution in [0.15, 0.2) is 24.5 Å².